The number of carbonyl (C=O) groups excluding carboxylic acids is 6. The van der Waals surface area contributed by atoms with E-state index in [2.05, 4.69) is 93.3 Å². The van der Waals surface area contributed by atoms with Crippen LogP contribution in [0.3, 0.4) is 0 Å². The number of amides is 4. The van der Waals surface area contributed by atoms with E-state index in [-0.39, 0.29) is 73.1 Å². The number of ether oxygens (including phenoxy) is 2. The number of pyridine rings is 2. The number of hydrogen-bond acceptors (Lipinski definition) is 26. The van der Waals surface area contributed by atoms with Crippen molar-refractivity contribution in [2.75, 3.05) is 223 Å². The van der Waals surface area contributed by atoms with Crippen molar-refractivity contribution in [2.45, 2.75) is 166 Å². The Balaban J connectivity index is 0.755. The van der Waals surface area contributed by atoms with Crippen LogP contribution < -0.4 is 81.0 Å². The van der Waals surface area contributed by atoms with Crippen LogP contribution in [0.5, 0.6) is 0 Å². The van der Waals surface area contributed by atoms with Gasteiger partial charge in [0, 0.05) is 282 Å². The highest BCUT2D eigenvalue weighted by Gasteiger charge is 2.50. The molecule has 2 aliphatic heterocycles. The number of hydrogen-bond donors (Lipinski definition) is 14. The first-order chi connectivity index (χ1) is 54.2. The molecule has 6 aliphatic rings. The molecule has 2 aromatic heterocycles. The summed E-state index contributed by atoms with van der Waals surface area (Å²) in [5.74, 6) is 3.00. The number of nitrogens with two attached hydrogens (primary N) is 2. The van der Waals surface area contributed by atoms with Crippen LogP contribution in [0.2, 0.25) is 0 Å². The van der Waals surface area contributed by atoms with E-state index < -0.39 is 30.0 Å². The highest BCUT2D eigenvalue weighted by molar-refractivity contribution is 5.90. The maximum Gasteiger partial charge on any atom is 0.355 e. The highest BCUT2D eigenvalue weighted by atomic mass is 16.6. The summed E-state index contributed by atoms with van der Waals surface area (Å²) in [4.78, 5) is 113. The molecule has 4 fully saturated rings. The molecule has 4 amide bonds. The van der Waals surface area contributed by atoms with Crippen LogP contribution in [-0.4, -0.2) is 321 Å². The second kappa shape index (κ2) is 49.5. The molecular weight excluding hydrogens is 1410 g/mol. The summed E-state index contributed by atoms with van der Waals surface area (Å²) >= 11 is 0. The van der Waals surface area contributed by atoms with Crippen LogP contribution in [0, 0.1) is 0 Å². The third-order valence-electron chi connectivity index (χ3n) is 23.2. The summed E-state index contributed by atoms with van der Waals surface area (Å²) in [6.07, 6.45) is 15.2. The Hall–Kier alpha value is -6.24. The van der Waals surface area contributed by atoms with Crippen molar-refractivity contribution in [3.8, 4) is 11.4 Å². The lowest BCUT2D eigenvalue weighted by molar-refractivity contribution is -0.189. The van der Waals surface area contributed by atoms with Crippen LogP contribution in [0.25, 0.3) is 22.3 Å². The number of aromatic nitrogens is 2. The maximum absolute atomic E-state index is 14.1. The van der Waals surface area contributed by atoms with Crippen LogP contribution in [0.4, 0.5) is 0 Å². The number of carbonyl (C=O) groups is 6. The van der Waals surface area contributed by atoms with Crippen molar-refractivity contribution in [1.29, 1.82) is 0 Å². The molecule has 0 radical (unpaired) electrons. The molecule has 0 spiro atoms. The third kappa shape index (κ3) is 29.8. The van der Waals surface area contributed by atoms with E-state index >= 15 is 0 Å². The largest absolute Gasteiger partial charge is 0.457 e. The van der Waals surface area contributed by atoms with Crippen LogP contribution in [0.1, 0.15) is 140 Å². The molecule has 4 aliphatic carbocycles. The first-order valence-electron chi connectivity index (χ1n) is 42.4. The SMILES string of the molecule is CCNC(=O)CCC(=O)NCCN(CCNC1CCC1)CCN(CCNC1CCC1)CCN(CCN)CCNCCN(CCNCCN(CCNN)C1CCC1)CCN(CCNCCNCCNC1CCC1)CCNC(=O)CCC(=O)NCC(=O)OC1(CC)C(=O)OCc2c1cc1n(c2=O)Cc2cc3ccccc3nc2-1. The van der Waals surface area contributed by atoms with Gasteiger partial charge >= 0.3 is 11.9 Å². The smallest absolute Gasteiger partial charge is 0.355 e. The molecule has 3 aromatic rings. The number of cyclic esters (lactones) is 1. The standard InChI is InChI=1S/C80H138N22O9/c1-3-80(69-58-71-77-63(57-62-11-5-6-20-70(62)95-77)60-102(71)78(108)68(69)61-110-79(80)109)111-76(107)59-93-75(106)24-23-74(105)91-37-47-98(42-30-84-27-26-83-28-29-88-64-12-7-13-64)53-52-97(44-33-86-34-49-101(50-39-94-82)67-18-10-19-67)43-32-85-31-41-96(40-25-81)51-55-100(46-36-90-66-16-9-17-66)56-54-99(45-35-89-65-14-8-15-65)48-38-92-73(104)22-21-72(103)87-4-2/h5-6,11,20,57-58,64-67,83-86,88-90,94H,3-4,7-10,12-19,21-56,59-61,81-82H2,1-2H3,(H,87,103)(H,91,105)(H,92,104)(H,93,106). The first kappa shape index (κ1) is 88.7. The minimum atomic E-state index is -1.93. The van der Waals surface area contributed by atoms with Crippen molar-refractivity contribution >= 4 is 46.5 Å². The Morgan fingerprint density at radius 1 is 0.532 bits per heavy atom. The average Bonchev–Trinajstić information content (AvgIpc) is 1.65. The number of hydrazine groups is 1. The van der Waals surface area contributed by atoms with Gasteiger partial charge in [-0.15, -0.1) is 0 Å². The van der Waals surface area contributed by atoms with E-state index in [4.69, 9.17) is 26.0 Å². The number of para-hydroxylation sites is 1. The van der Waals surface area contributed by atoms with Gasteiger partial charge in [-0.3, -0.25) is 69.4 Å². The summed E-state index contributed by atoms with van der Waals surface area (Å²) in [6.45, 7) is 29.8. The quantitative estimate of drug-likeness (QED) is 0.0112. The molecule has 31 nitrogen and oxygen atoms in total. The van der Waals surface area contributed by atoms with Gasteiger partial charge in [0.05, 0.1) is 29.0 Å². The summed E-state index contributed by atoms with van der Waals surface area (Å²) < 4.78 is 13.1. The molecule has 4 saturated carbocycles. The van der Waals surface area contributed by atoms with E-state index in [1.807, 2.05) is 37.3 Å². The molecule has 31 heteroatoms. The topological polar surface area (TPSA) is 372 Å². The first-order valence-corrected chi connectivity index (χ1v) is 42.4. The van der Waals surface area contributed by atoms with Crippen LogP contribution in [0.15, 0.2) is 41.2 Å². The molecular formula is C80H138N22O9. The zero-order valence-electron chi connectivity index (χ0n) is 67.2. The van der Waals surface area contributed by atoms with Crippen molar-refractivity contribution < 1.29 is 38.2 Å². The van der Waals surface area contributed by atoms with Crippen LogP contribution >= 0.6 is 0 Å². The highest BCUT2D eigenvalue weighted by Crippen LogP contribution is 2.41. The second-order valence-corrected chi connectivity index (χ2v) is 31.0. The molecule has 16 N–H and O–H groups in total. The molecule has 111 heavy (non-hydrogen) atoms. The van der Waals surface area contributed by atoms with Crippen molar-refractivity contribution in [3.63, 3.8) is 0 Å². The molecule has 1 unspecified atom stereocenters. The van der Waals surface area contributed by atoms with E-state index in [1.54, 1.807) is 17.6 Å². The maximum atomic E-state index is 14.1. The second-order valence-electron chi connectivity index (χ2n) is 31.0. The lowest BCUT2D eigenvalue weighted by Crippen LogP contribution is -2.48. The monoisotopic (exact) mass is 1550 g/mol. The van der Waals surface area contributed by atoms with E-state index in [1.165, 1.54) is 77.0 Å². The minimum absolute atomic E-state index is 0.0278. The number of nitrogens with one attached hydrogen (secondary N) is 12. The number of fused-ring (bicyclic) bond motifs is 5. The van der Waals surface area contributed by atoms with Crippen molar-refractivity contribution in [2.24, 2.45) is 11.6 Å². The normalized spacial score (nSPS) is 17.1. The Bertz CT molecular complexity index is 3360. The molecule has 0 bridgehead atoms. The van der Waals surface area contributed by atoms with Gasteiger partial charge in [-0.2, -0.15) is 0 Å². The fourth-order valence-electron chi connectivity index (χ4n) is 15.2. The Morgan fingerprint density at radius 3 is 1.50 bits per heavy atom. The zero-order chi connectivity index (χ0) is 78.3. The Labute approximate surface area is 659 Å². The number of nitrogens with zero attached hydrogens (tertiary/aromatic N) is 8. The molecule has 622 valence electrons. The number of benzene rings is 1. The minimum Gasteiger partial charge on any atom is -0.457 e. The molecule has 4 heterocycles. The summed E-state index contributed by atoms with van der Waals surface area (Å²) in [7, 11) is 0. The van der Waals surface area contributed by atoms with E-state index in [9.17, 15) is 33.6 Å². The lowest BCUT2D eigenvalue weighted by atomic mass is 9.85. The average molecular weight is 1550 g/mol. The van der Waals surface area contributed by atoms with Crippen LogP contribution in [-0.2, 0) is 57.0 Å². The van der Waals surface area contributed by atoms with Gasteiger partial charge in [-0.05, 0) is 82.9 Å². The summed E-state index contributed by atoms with van der Waals surface area (Å²) in [5, 5.41) is 38.4. The van der Waals surface area contributed by atoms with Crippen molar-refractivity contribution in [1.82, 2.24) is 103 Å². The Morgan fingerprint density at radius 2 is 0.991 bits per heavy atom. The zero-order valence-corrected chi connectivity index (χ0v) is 67.2. The Kier molecular flexibility index (Phi) is 39.6. The van der Waals surface area contributed by atoms with Gasteiger partial charge in [-0.1, -0.05) is 50.8 Å². The molecule has 9 rings (SSSR count). The molecule has 1 atom stereocenters. The lowest BCUT2D eigenvalue weighted by Gasteiger charge is -2.37. The number of esters is 2. The summed E-state index contributed by atoms with van der Waals surface area (Å²) in [6, 6.07) is 13.9. The predicted octanol–water partition coefficient (Wildman–Crippen LogP) is -0.753. The van der Waals surface area contributed by atoms with Gasteiger partial charge in [0.25, 0.3) is 5.56 Å². The van der Waals surface area contributed by atoms with Gasteiger partial charge in [0.1, 0.15) is 13.2 Å². The number of rotatable bonds is 62. The fourth-order valence-corrected chi connectivity index (χ4v) is 15.2. The fraction of sp³-hybridized carbons (Fsp3) is 0.750. The van der Waals surface area contributed by atoms with E-state index in [0.717, 1.165) is 200 Å². The van der Waals surface area contributed by atoms with Gasteiger partial charge in [0.2, 0.25) is 29.2 Å². The van der Waals surface area contributed by atoms with E-state index in [0.29, 0.717) is 74.8 Å². The summed E-state index contributed by atoms with van der Waals surface area (Å²) in [5.41, 5.74) is 10.1. The molecule has 1 aromatic carbocycles. The molecule has 0 saturated heterocycles. The third-order valence-corrected chi connectivity index (χ3v) is 23.2. The van der Waals surface area contributed by atoms with Crippen molar-refractivity contribution in [3.05, 3.63) is 63.4 Å². The van der Waals surface area contributed by atoms with Gasteiger partial charge < -0.3 is 78.3 Å². The van der Waals surface area contributed by atoms with Gasteiger partial charge in [0.15, 0.2) is 0 Å². The predicted molar refractivity (Wildman–Crippen MR) is 436 cm³/mol. The van der Waals surface area contributed by atoms with Gasteiger partial charge in [-0.25, -0.2) is 9.78 Å².